The summed E-state index contributed by atoms with van der Waals surface area (Å²) in [4.78, 5) is 11.3. The van der Waals surface area contributed by atoms with Crippen LogP contribution in [0.25, 0.3) is 0 Å². The summed E-state index contributed by atoms with van der Waals surface area (Å²) in [5.41, 5.74) is 1.17. The molecule has 0 amide bonds. The second-order valence-electron chi connectivity index (χ2n) is 6.20. The molecule has 5 nitrogen and oxygen atoms in total. The van der Waals surface area contributed by atoms with Gasteiger partial charge in [0.1, 0.15) is 0 Å². The van der Waals surface area contributed by atoms with Crippen LogP contribution in [0.15, 0.2) is 6.07 Å². The molecule has 5 heteroatoms. The topological polar surface area (TPSA) is 50.3 Å². The normalized spacial score (nSPS) is 17.2. The van der Waals surface area contributed by atoms with Crippen molar-refractivity contribution in [2.75, 3.05) is 32.6 Å². The fourth-order valence-electron chi connectivity index (χ4n) is 2.96. The van der Waals surface area contributed by atoms with Gasteiger partial charge in [-0.2, -0.15) is 4.98 Å². The zero-order valence-electron chi connectivity index (χ0n) is 13.8. The molecule has 1 aromatic heterocycles. The first kappa shape index (κ1) is 16.0. The Hall–Kier alpha value is -1.36. The molecule has 0 radical (unpaired) electrons. The van der Waals surface area contributed by atoms with E-state index < -0.39 is 0 Å². The van der Waals surface area contributed by atoms with Crippen molar-refractivity contribution >= 4 is 5.95 Å². The Morgan fingerprint density at radius 1 is 1.29 bits per heavy atom. The molecule has 0 saturated heterocycles. The Bertz CT molecular complexity index is 456. The second-order valence-corrected chi connectivity index (χ2v) is 6.20. The van der Waals surface area contributed by atoms with Crippen LogP contribution in [-0.2, 0) is 0 Å². The second kappa shape index (κ2) is 7.07. The summed E-state index contributed by atoms with van der Waals surface area (Å²) >= 11 is 0. The number of aryl methyl sites for hydroxylation is 1. The molecule has 1 heterocycles. The summed E-state index contributed by atoms with van der Waals surface area (Å²) in [6.07, 6.45) is 6.06. The maximum absolute atomic E-state index is 5.62. The van der Waals surface area contributed by atoms with Crippen molar-refractivity contribution in [3.8, 4) is 5.88 Å². The highest BCUT2D eigenvalue weighted by Crippen LogP contribution is 2.33. The fourth-order valence-corrected chi connectivity index (χ4v) is 2.96. The lowest BCUT2D eigenvalue weighted by molar-refractivity contribution is 0.172. The van der Waals surface area contributed by atoms with E-state index in [2.05, 4.69) is 41.2 Å². The van der Waals surface area contributed by atoms with E-state index in [1.165, 1.54) is 25.7 Å². The fraction of sp³-hybridized carbons (Fsp3) is 0.750. The Balaban J connectivity index is 2.03. The number of rotatable bonds is 7. The molecular formula is C16H28N4O. The molecule has 0 spiro atoms. The van der Waals surface area contributed by atoms with Gasteiger partial charge in [-0.25, -0.2) is 4.98 Å². The van der Waals surface area contributed by atoms with E-state index in [-0.39, 0.29) is 5.54 Å². The Labute approximate surface area is 128 Å². The summed E-state index contributed by atoms with van der Waals surface area (Å²) in [6, 6.07) is 1.89. The van der Waals surface area contributed by atoms with Gasteiger partial charge in [0.2, 0.25) is 11.8 Å². The lowest BCUT2D eigenvalue weighted by Crippen LogP contribution is -2.47. The third-order valence-corrected chi connectivity index (χ3v) is 4.34. The minimum Gasteiger partial charge on any atom is -0.478 e. The quantitative estimate of drug-likeness (QED) is 0.837. The SMILES string of the molecule is CCCOc1cc(C)nc(NCC2(N(C)C)CCCC2)n1. The van der Waals surface area contributed by atoms with Crippen molar-refractivity contribution < 1.29 is 4.74 Å². The van der Waals surface area contributed by atoms with Crippen LogP contribution in [0.2, 0.25) is 0 Å². The van der Waals surface area contributed by atoms with Crippen LogP contribution in [0.5, 0.6) is 5.88 Å². The van der Waals surface area contributed by atoms with Gasteiger partial charge in [-0.3, -0.25) is 0 Å². The third kappa shape index (κ3) is 4.06. The number of nitrogens with zero attached hydrogens (tertiary/aromatic N) is 3. The summed E-state index contributed by atoms with van der Waals surface area (Å²) < 4.78 is 5.62. The Morgan fingerprint density at radius 2 is 2.00 bits per heavy atom. The number of nitrogens with one attached hydrogen (secondary N) is 1. The van der Waals surface area contributed by atoms with Crippen molar-refractivity contribution in [2.24, 2.45) is 0 Å². The number of ether oxygens (including phenoxy) is 1. The highest BCUT2D eigenvalue weighted by Gasteiger charge is 2.35. The lowest BCUT2D eigenvalue weighted by atomic mass is 9.96. The van der Waals surface area contributed by atoms with Gasteiger partial charge in [0.05, 0.1) is 6.61 Å². The monoisotopic (exact) mass is 292 g/mol. The summed E-state index contributed by atoms with van der Waals surface area (Å²) in [5, 5.41) is 3.42. The Morgan fingerprint density at radius 3 is 2.62 bits per heavy atom. The Kier molecular flexibility index (Phi) is 5.39. The van der Waals surface area contributed by atoms with E-state index in [0.717, 1.165) is 18.7 Å². The molecule has 0 aromatic carbocycles. The first-order valence-corrected chi connectivity index (χ1v) is 7.95. The zero-order valence-corrected chi connectivity index (χ0v) is 13.8. The number of anilines is 1. The minimum absolute atomic E-state index is 0.234. The van der Waals surface area contributed by atoms with Crippen LogP contribution >= 0.6 is 0 Å². The molecule has 0 bridgehead atoms. The molecule has 1 N–H and O–H groups in total. The van der Waals surface area contributed by atoms with E-state index >= 15 is 0 Å². The number of aromatic nitrogens is 2. The van der Waals surface area contributed by atoms with Gasteiger partial charge in [-0.15, -0.1) is 0 Å². The molecule has 1 aliphatic carbocycles. The predicted octanol–water partition coefficient (Wildman–Crippen LogP) is 2.86. The van der Waals surface area contributed by atoms with Gasteiger partial charge in [0, 0.05) is 23.8 Å². The molecule has 1 aliphatic rings. The van der Waals surface area contributed by atoms with Gasteiger partial charge in [0.15, 0.2) is 0 Å². The van der Waals surface area contributed by atoms with Gasteiger partial charge < -0.3 is 15.0 Å². The summed E-state index contributed by atoms with van der Waals surface area (Å²) in [7, 11) is 4.33. The third-order valence-electron chi connectivity index (χ3n) is 4.34. The molecular weight excluding hydrogens is 264 g/mol. The molecule has 21 heavy (non-hydrogen) atoms. The standard InChI is InChI=1S/C16H28N4O/c1-5-10-21-14-11-13(2)18-15(19-14)17-12-16(20(3)4)8-6-7-9-16/h11H,5-10,12H2,1-4H3,(H,17,18,19). The molecule has 1 saturated carbocycles. The van der Waals surface area contributed by atoms with Gasteiger partial charge in [-0.1, -0.05) is 19.8 Å². The maximum atomic E-state index is 5.62. The maximum Gasteiger partial charge on any atom is 0.226 e. The molecule has 1 fully saturated rings. The molecule has 118 valence electrons. The van der Waals surface area contributed by atoms with Crippen molar-refractivity contribution in [2.45, 2.75) is 51.5 Å². The predicted molar refractivity (Wildman–Crippen MR) is 85.9 cm³/mol. The lowest BCUT2D eigenvalue weighted by Gasteiger charge is -2.36. The molecule has 1 aromatic rings. The number of hydrogen-bond acceptors (Lipinski definition) is 5. The minimum atomic E-state index is 0.234. The highest BCUT2D eigenvalue weighted by molar-refractivity contribution is 5.31. The highest BCUT2D eigenvalue weighted by atomic mass is 16.5. The number of likely N-dealkylation sites (N-methyl/N-ethyl adjacent to an activating group) is 1. The largest absolute Gasteiger partial charge is 0.478 e. The van der Waals surface area contributed by atoms with Gasteiger partial charge >= 0.3 is 0 Å². The van der Waals surface area contributed by atoms with Crippen molar-refractivity contribution in [3.05, 3.63) is 11.8 Å². The van der Waals surface area contributed by atoms with E-state index in [0.29, 0.717) is 18.4 Å². The molecule has 0 atom stereocenters. The van der Waals surface area contributed by atoms with E-state index in [9.17, 15) is 0 Å². The molecule has 2 rings (SSSR count). The van der Waals surface area contributed by atoms with Crippen LogP contribution in [0.1, 0.15) is 44.7 Å². The summed E-state index contributed by atoms with van der Waals surface area (Å²) in [5.74, 6) is 1.34. The van der Waals surface area contributed by atoms with E-state index in [4.69, 9.17) is 4.74 Å². The van der Waals surface area contributed by atoms with Crippen LogP contribution in [0.3, 0.4) is 0 Å². The van der Waals surface area contributed by atoms with Crippen molar-refractivity contribution in [1.82, 2.24) is 14.9 Å². The first-order valence-electron chi connectivity index (χ1n) is 7.95. The van der Waals surface area contributed by atoms with Crippen LogP contribution < -0.4 is 10.1 Å². The van der Waals surface area contributed by atoms with Gasteiger partial charge in [-0.05, 0) is 40.3 Å². The van der Waals surface area contributed by atoms with E-state index in [1.54, 1.807) is 0 Å². The van der Waals surface area contributed by atoms with Crippen molar-refractivity contribution in [1.29, 1.82) is 0 Å². The average Bonchev–Trinajstić information content (AvgIpc) is 2.93. The average molecular weight is 292 g/mol. The molecule has 0 aliphatic heterocycles. The van der Waals surface area contributed by atoms with E-state index in [1.807, 2.05) is 13.0 Å². The first-order chi connectivity index (χ1) is 10.1. The smallest absolute Gasteiger partial charge is 0.226 e. The zero-order chi connectivity index (χ0) is 15.3. The van der Waals surface area contributed by atoms with Crippen molar-refractivity contribution in [3.63, 3.8) is 0 Å². The molecule has 0 unspecified atom stereocenters. The van der Waals surface area contributed by atoms with Gasteiger partial charge in [0.25, 0.3) is 0 Å². The van der Waals surface area contributed by atoms with Crippen LogP contribution in [0.4, 0.5) is 5.95 Å². The van der Waals surface area contributed by atoms with Crippen LogP contribution in [-0.4, -0.2) is 47.7 Å². The number of hydrogen-bond donors (Lipinski definition) is 1. The van der Waals surface area contributed by atoms with Crippen LogP contribution in [0, 0.1) is 6.92 Å². The summed E-state index contributed by atoms with van der Waals surface area (Å²) in [6.45, 7) is 5.64.